The van der Waals surface area contributed by atoms with E-state index in [4.69, 9.17) is 10.2 Å². The molecule has 0 aliphatic heterocycles. The van der Waals surface area contributed by atoms with Gasteiger partial charge in [0.05, 0.1) is 6.42 Å². The van der Waals surface area contributed by atoms with Gasteiger partial charge >= 0.3 is 11.9 Å². The smallest absolute Gasteiger partial charge is 0.317 e. The second kappa shape index (κ2) is 6.77. The molecule has 1 atom stereocenters. The summed E-state index contributed by atoms with van der Waals surface area (Å²) >= 11 is 1.20. The number of carboxylic acid groups (broad SMARTS) is 2. The molecule has 5 heteroatoms. The summed E-state index contributed by atoms with van der Waals surface area (Å²) in [7, 11) is 0. The topological polar surface area (TPSA) is 74.6 Å². The Balaban J connectivity index is 3.81. The summed E-state index contributed by atoms with van der Waals surface area (Å²) in [6.45, 7) is 2.01. The van der Waals surface area contributed by atoms with Gasteiger partial charge in [0, 0.05) is 0 Å². The molecule has 0 aromatic carbocycles. The van der Waals surface area contributed by atoms with E-state index in [1.807, 2.05) is 6.92 Å². The molecule has 0 aromatic rings. The number of hydrogen-bond acceptors (Lipinski definition) is 3. The Hall–Kier alpha value is -0.710. The van der Waals surface area contributed by atoms with E-state index in [0.717, 1.165) is 12.8 Å². The monoisotopic (exact) mass is 206 g/mol. The fourth-order valence-corrected chi connectivity index (χ4v) is 1.89. The lowest BCUT2D eigenvalue weighted by Crippen LogP contribution is -2.20. The van der Waals surface area contributed by atoms with Gasteiger partial charge in [0.25, 0.3) is 0 Å². The van der Waals surface area contributed by atoms with Crippen LogP contribution in [0.15, 0.2) is 0 Å². The molecule has 0 radical (unpaired) electrons. The molecule has 4 nitrogen and oxygen atoms in total. The molecule has 0 unspecified atom stereocenters. The first-order chi connectivity index (χ1) is 6.07. The highest BCUT2D eigenvalue weighted by atomic mass is 32.2. The summed E-state index contributed by atoms with van der Waals surface area (Å²) < 4.78 is 0. The van der Waals surface area contributed by atoms with Crippen molar-refractivity contribution in [1.29, 1.82) is 0 Å². The molecule has 0 amide bonds. The first kappa shape index (κ1) is 12.3. The zero-order valence-electron chi connectivity index (χ0n) is 7.52. The molecule has 0 saturated heterocycles. The number of unbranched alkanes of at least 4 members (excludes halogenated alkanes) is 1. The van der Waals surface area contributed by atoms with Crippen molar-refractivity contribution in [3.63, 3.8) is 0 Å². The van der Waals surface area contributed by atoms with Crippen molar-refractivity contribution < 1.29 is 19.8 Å². The number of carbonyl (C=O) groups is 2. The maximum absolute atomic E-state index is 10.5. The van der Waals surface area contributed by atoms with E-state index in [-0.39, 0.29) is 6.42 Å². The van der Waals surface area contributed by atoms with E-state index in [1.165, 1.54) is 11.8 Å². The van der Waals surface area contributed by atoms with Crippen molar-refractivity contribution in [2.75, 3.05) is 5.75 Å². The fourth-order valence-electron chi connectivity index (χ4n) is 0.746. The van der Waals surface area contributed by atoms with Gasteiger partial charge in [-0.25, -0.2) is 0 Å². The minimum atomic E-state index is -1.06. The van der Waals surface area contributed by atoms with Gasteiger partial charge in [-0.2, -0.15) is 0 Å². The van der Waals surface area contributed by atoms with Gasteiger partial charge in [-0.05, 0) is 12.2 Å². The van der Waals surface area contributed by atoms with Crippen molar-refractivity contribution in [2.45, 2.75) is 31.4 Å². The summed E-state index contributed by atoms with van der Waals surface area (Å²) in [5.41, 5.74) is 0. The third kappa shape index (κ3) is 6.45. The molecular weight excluding hydrogens is 192 g/mol. The number of hydrogen-bond donors (Lipinski definition) is 2. The number of carboxylic acids is 2. The molecule has 0 aliphatic rings. The predicted molar refractivity (Wildman–Crippen MR) is 51.0 cm³/mol. The SMILES string of the molecule is CCCCS[C@@H](CC(=O)O)C(=O)O. The van der Waals surface area contributed by atoms with Gasteiger partial charge < -0.3 is 10.2 Å². The fraction of sp³-hybridized carbons (Fsp3) is 0.750. The lowest BCUT2D eigenvalue weighted by molar-refractivity contribution is -0.142. The van der Waals surface area contributed by atoms with Crippen molar-refractivity contribution in [2.24, 2.45) is 0 Å². The average molecular weight is 206 g/mol. The van der Waals surface area contributed by atoms with Crippen LogP contribution < -0.4 is 0 Å². The molecule has 0 aliphatic carbocycles. The normalized spacial score (nSPS) is 12.4. The lowest BCUT2D eigenvalue weighted by Gasteiger charge is -2.08. The average Bonchev–Trinajstić information content (AvgIpc) is 2.02. The maximum atomic E-state index is 10.5. The number of aliphatic carboxylic acids is 2. The third-order valence-corrected chi connectivity index (χ3v) is 2.75. The Morgan fingerprint density at radius 3 is 2.38 bits per heavy atom. The quantitative estimate of drug-likeness (QED) is 0.617. The molecule has 0 spiro atoms. The van der Waals surface area contributed by atoms with Crippen LogP contribution in [-0.2, 0) is 9.59 Å². The van der Waals surface area contributed by atoms with E-state index < -0.39 is 17.2 Å². The van der Waals surface area contributed by atoms with Gasteiger partial charge in [0.15, 0.2) is 0 Å². The molecule has 0 fully saturated rings. The van der Waals surface area contributed by atoms with Crippen LogP contribution in [0.4, 0.5) is 0 Å². The van der Waals surface area contributed by atoms with Gasteiger partial charge in [0.2, 0.25) is 0 Å². The highest BCUT2D eigenvalue weighted by Gasteiger charge is 2.20. The van der Waals surface area contributed by atoms with Gasteiger partial charge in [-0.1, -0.05) is 13.3 Å². The first-order valence-corrected chi connectivity index (χ1v) is 5.19. The zero-order chi connectivity index (χ0) is 10.3. The standard InChI is InChI=1S/C8H14O4S/c1-2-3-4-13-6(8(11)12)5-7(9)10/h6H,2-5H2,1H3,(H,9,10)(H,11,12)/t6-/m0/s1. The van der Waals surface area contributed by atoms with Gasteiger partial charge in [-0.3, -0.25) is 9.59 Å². The minimum absolute atomic E-state index is 0.302. The predicted octanol–water partition coefficient (Wildman–Crippen LogP) is 1.45. The Bertz CT molecular complexity index is 181. The van der Waals surface area contributed by atoms with Crippen molar-refractivity contribution in [1.82, 2.24) is 0 Å². The van der Waals surface area contributed by atoms with Gasteiger partial charge in [-0.15, -0.1) is 11.8 Å². The largest absolute Gasteiger partial charge is 0.481 e. The summed E-state index contributed by atoms with van der Waals surface area (Å²) in [6.07, 6.45) is 1.62. The summed E-state index contributed by atoms with van der Waals surface area (Å²) in [5.74, 6) is -1.39. The molecule has 2 N–H and O–H groups in total. The molecular formula is C8H14O4S. The van der Waals surface area contributed by atoms with Crippen LogP contribution in [0.3, 0.4) is 0 Å². The number of rotatable bonds is 7. The van der Waals surface area contributed by atoms with E-state index in [9.17, 15) is 9.59 Å². The summed E-state index contributed by atoms with van der Waals surface area (Å²) in [6, 6.07) is 0. The molecule has 0 rings (SSSR count). The third-order valence-electron chi connectivity index (χ3n) is 1.45. The van der Waals surface area contributed by atoms with Gasteiger partial charge in [0.1, 0.15) is 5.25 Å². The van der Waals surface area contributed by atoms with Crippen LogP contribution in [0.1, 0.15) is 26.2 Å². The lowest BCUT2D eigenvalue weighted by atomic mass is 10.3. The van der Waals surface area contributed by atoms with Crippen LogP contribution in [0, 0.1) is 0 Å². The van der Waals surface area contributed by atoms with Crippen molar-refractivity contribution in [3.8, 4) is 0 Å². The van der Waals surface area contributed by atoms with E-state index in [2.05, 4.69) is 0 Å². The zero-order valence-corrected chi connectivity index (χ0v) is 8.34. The number of thioether (sulfide) groups is 1. The van der Waals surface area contributed by atoms with Crippen LogP contribution in [0.2, 0.25) is 0 Å². The first-order valence-electron chi connectivity index (χ1n) is 4.14. The van der Waals surface area contributed by atoms with Crippen LogP contribution >= 0.6 is 11.8 Å². The maximum Gasteiger partial charge on any atom is 0.317 e. The molecule has 76 valence electrons. The van der Waals surface area contributed by atoms with Crippen LogP contribution in [0.5, 0.6) is 0 Å². The Morgan fingerprint density at radius 2 is 2.00 bits per heavy atom. The van der Waals surface area contributed by atoms with E-state index in [1.54, 1.807) is 0 Å². The van der Waals surface area contributed by atoms with Crippen LogP contribution in [-0.4, -0.2) is 33.2 Å². The Labute approximate surface area is 81.3 Å². The second-order valence-electron chi connectivity index (χ2n) is 2.65. The molecule has 13 heavy (non-hydrogen) atoms. The second-order valence-corrected chi connectivity index (χ2v) is 3.96. The molecule has 0 bridgehead atoms. The highest BCUT2D eigenvalue weighted by molar-refractivity contribution is 8.00. The van der Waals surface area contributed by atoms with Crippen LogP contribution in [0.25, 0.3) is 0 Å². The molecule has 0 saturated carbocycles. The molecule has 0 heterocycles. The van der Waals surface area contributed by atoms with E-state index in [0.29, 0.717) is 5.75 Å². The Morgan fingerprint density at radius 1 is 1.38 bits per heavy atom. The minimum Gasteiger partial charge on any atom is -0.481 e. The summed E-state index contributed by atoms with van der Waals surface area (Å²) in [4.78, 5) is 20.8. The highest BCUT2D eigenvalue weighted by Crippen LogP contribution is 2.16. The van der Waals surface area contributed by atoms with Crippen molar-refractivity contribution >= 4 is 23.7 Å². The molecule has 0 aromatic heterocycles. The van der Waals surface area contributed by atoms with Crippen molar-refractivity contribution in [3.05, 3.63) is 0 Å². The van der Waals surface area contributed by atoms with E-state index >= 15 is 0 Å². The summed E-state index contributed by atoms with van der Waals surface area (Å²) in [5, 5.41) is 16.2. The Kier molecular flexibility index (Phi) is 6.40.